The Morgan fingerprint density at radius 1 is 1.13 bits per heavy atom. The summed E-state index contributed by atoms with van der Waals surface area (Å²) in [5.74, 6) is 0.480. The molecule has 1 heterocycles. The van der Waals surface area contributed by atoms with Gasteiger partial charge in [0.15, 0.2) is 5.82 Å². The average Bonchev–Trinajstić information content (AvgIpc) is 1.99. The zero-order chi connectivity index (χ0) is 11.9. The highest BCUT2D eigenvalue weighted by molar-refractivity contribution is 5.24. The summed E-state index contributed by atoms with van der Waals surface area (Å²) in [4.78, 5) is 8.57. The third kappa shape index (κ3) is 2.75. The molecule has 1 aromatic rings. The van der Waals surface area contributed by atoms with Crippen LogP contribution in [0.15, 0.2) is 6.20 Å². The summed E-state index contributed by atoms with van der Waals surface area (Å²) in [5.41, 5.74) is 1.13. The van der Waals surface area contributed by atoms with E-state index < -0.39 is 5.60 Å². The first kappa shape index (κ1) is 12.1. The van der Waals surface area contributed by atoms with Crippen molar-refractivity contribution in [3.63, 3.8) is 0 Å². The molecule has 3 heteroatoms. The molecule has 84 valence electrons. The topological polar surface area (TPSA) is 46.0 Å². The highest BCUT2D eigenvalue weighted by Crippen LogP contribution is 2.25. The molecule has 0 saturated carbocycles. The van der Waals surface area contributed by atoms with E-state index in [1.807, 2.05) is 13.1 Å². The van der Waals surface area contributed by atoms with Gasteiger partial charge < -0.3 is 5.11 Å². The lowest BCUT2D eigenvalue weighted by Crippen LogP contribution is -2.23. The first-order chi connectivity index (χ1) is 6.62. The van der Waals surface area contributed by atoms with Crippen molar-refractivity contribution in [3.8, 4) is 0 Å². The van der Waals surface area contributed by atoms with Gasteiger partial charge in [-0.25, -0.2) is 9.97 Å². The van der Waals surface area contributed by atoms with Crippen molar-refractivity contribution >= 4 is 0 Å². The van der Waals surface area contributed by atoms with E-state index in [0.29, 0.717) is 5.82 Å². The summed E-state index contributed by atoms with van der Waals surface area (Å²) in [6.45, 7) is 11.7. The van der Waals surface area contributed by atoms with E-state index in [1.165, 1.54) is 0 Å². The Balaban J connectivity index is 3.21. The summed E-state index contributed by atoms with van der Waals surface area (Å²) in [5, 5.41) is 9.78. The van der Waals surface area contributed by atoms with Crippen LogP contribution in [-0.4, -0.2) is 15.1 Å². The second-order valence-electron chi connectivity index (χ2n) is 5.50. The number of hydrogen-bond acceptors (Lipinski definition) is 3. The quantitative estimate of drug-likeness (QED) is 0.770. The zero-order valence-corrected chi connectivity index (χ0v) is 10.4. The molecule has 0 radical (unpaired) electrons. The lowest BCUT2D eigenvalue weighted by Gasteiger charge is -2.23. The van der Waals surface area contributed by atoms with Gasteiger partial charge in [0.05, 0.1) is 0 Å². The Hall–Kier alpha value is -0.960. The van der Waals surface area contributed by atoms with Crippen LogP contribution in [0.4, 0.5) is 0 Å². The minimum absolute atomic E-state index is 0.0439. The number of rotatable bonds is 1. The zero-order valence-electron chi connectivity index (χ0n) is 10.4. The number of aromatic nitrogens is 2. The van der Waals surface area contributed by atoms with E-state index in [9.17, 15) is 5.11 Å². The number of hydrogen-bond donors (Lipinski definition) is 1. The lowest BCUT2D eigenvalue weighted by molar-refractivity contribution is 0.0683. The molecule has 0 saturated heterocycles. The van der Waals surface area contributed by atoms with E-state index in [4.69, 9.17) is 0 Å². The van der Waals surface area contributed by atoms with Crippen LogP contribution in [0.1, 0.15) is 51.7 Å². The molecule has 0 atom stereocenters. The summed E-state index contributed by atoms with van der Waals surface area (Å²) < 4.78 is 0. The molecule has 3 nitrogen and oxygen atoms in total. The van der Waals surface area contributed by atoms with E-state index in [2.05, 4.69) is 30.7 Å². The maximum atomic E-state index is 9.78. The van der Waals surface area contributed by atoms with E-state index in [1.54, 1.807) is 13.8 Å². The fourth-order valence-electron chi connectivity index (χ4n) is 1.50. The minimum Gasteiger partial charge on any atom is -0.382 e. The van der Waals surface area contributed by atoms with Crippen LogP contribution >= 0.6 is 0 Å². The van der Waals surface area contributed by atoms with E-state index in [0.717, 1.165) is 11.3 Å². The highest BCUT2D eigenvalue weighted by atomic mass is 16.3. The fraction of sp³-hybridized carbons (Fsp3) is 0.667. The monoisotopic (exact) mass is 208 g/mol. The molecule has 0 aromatic carbocycles. The Bertz CT molecular complexity index is 359. The van der Waals surface area contributed by atoms with Crippen molar-refractivity contribution in [2.24, 2.45) is 0 Å². The highest BCUT2D eigenvalue weighted by Gasteiger charge is 2.23. The molecule has 1 N–H and O–H groups in total. The summed E-state index contributed by atoms with van der Waals surface area (Å²) in [7, 11) is 0. The predicted molar refractivity (Wildman–Crippen MR) is 60.7 cm³/mol. The summed E-state index contributed by atoms with van der Waals surface area (Å²) in [6, 6.07) is 0. The van der Waals surface area contributed by atoms with Crippen LogP contribution in [0.2, 0.25) is 0 Å². The third-order valence-electron chi connectivity index (χ3n) is 2.33. The van der Waals surface area contributed by atoms with Crippen LogP contribution in [0.3, 0.4) is 0 Å². The molecule has 0 aliphatic carbocycles. The van der Waals surface area contributed by atoms with Gasteiger partial charge in [-0.15, -0.1) is 0 Å². The third-order valence-corrected chi connectivity index (χ3v) is 2.33. The van der Waals surface area contributed by atoms with Crippen molar-refractivity contribution in [3.05, 3.63) is 23.3 Å². The molecule has 0 aliphatic heterocycles. The van der Waals surface area contributed by atoms with Crippen molar-refractivity contribution in [2.75, 3.05) is 0 Å². The van der Waals surface area contributed by atoms with Gasteiger partial charge in [-0.1, -0.05) is 20.8 Å². The van der Waals surface area contributed by atoms with Gasteiger partial charge in [0, 0.05) is 11.9 Å². The SMILES string of the molecule is Cc1nc(C(C)(C)O)ncc1C(C)(C)C. The standard InChI is InChI=1S/C12H20N2O/c1-8-9(11(2,3)4)7-13-10(14-8)12(5,6)15/h7,15H,1-6H3. The first-order valence-corrected chi connectivity index (χ1v) is 5.19. The summed E-state index contributed by atoms with van der Waals surface area (Å²) >= 11 is 0. The molecule has 15 heavy (non-hydrogen) atoms. The van der Waals surface area contributed by atoms with Crippen molar-refractivity contribution in [1.82, 2.24) is 9.97 Å². The van der Waals surface area contributed by atoms with Gasteiger partial charge in [-0.05, 0) is 31.7 Å². The molecule has 1 aromatic heterocycles. The van der Waals surface area contributed by atoms with Gasteiger partial charge in [-0.2, -0.15) is 0 Å². The molecule has 0 aliphatic rings. The Labute approximate surface area is 91.6 Å². The summed E-state index contributed by atoms with van der Waals surface area (Å²) in [6.07, 6.45) is 1.82. The number of aliphatic hydroxyl groups is 1. The van der Waals surface area contributed by atoms with Crippen LogP contribution < -0.4 is 0 Å². The second-order valence-corrected chi connectivity index (χ2v) is 5.50. The first-order valence-electron chi connectivity index (χ1n) is 5.19. The Morgan fingerprint density at radius 2 is 1.67 bits per heavy atom. The van der Waals surface area contributed by atoms with Gasteiger partial charge >= 0.3 is 0 Å². The molecular formula is C12H20N2O. The Kier molecular flexibility index (Phi) is 2.88. The van der Waals surface area contributed by atoms with Gasteiger partial charge in [0.2, 0.25) is 0 Å². The minimum atomic E-state index is -0.971. The lowest BCUT2D eigenvalue weighted by atomic mass is 9.87. The van der Waals surface area contributed by atoms with Crippen molar-refractivity contribution < 1.29 is 5.11 Å². The van der Waals surface area contributed by atoms with E-state index in [-0.39, 0.29) is 5.41 Å². The van der Waals surface area contributed by atoms with Crippen LogP contribution in [-0.2, 0) is 11.0 Å². The predicted octanol–water partition coefficient (Wildman–Crippen LogP) is 2.31. The molecule has 0 fully saturated rings. The molecule has 0 spiro atoms. The largest absolute Gasteiger partial charge is 0.382 e. The fourth-order valence-corrected chi connectivity index (χ4v) is 1.50. The normalized spacial score (nSPS) is 13.0. The maximum absolute atomic E-state index is 9.78. The van der Waals surface area contributed by atoms with Crippen LogP contribution in [0.25, 0.3) is 0 Å². The molecule has 1 rings (SSSR count). The van der Waals surface area contributed by atoms with Crippen molar-refractivity contribution in [1.29, 1.82) is 0 Å². The average molecular weight is 208 g/mol. The van der Waals surface area contributed by atoms with E-state index >= 15 is 0 Å². The van der Waals surface area contributed by atoms with Crippen LogP contribution in [0, 0.1) is 6.92 Å². The Morgan fingerprint density at radius 3 is 2.00 bits per heavy atom. The van der Waals surface area contributed by atoms with Gasteiger partial charge in [-0.3, -0.25) is 0 Å². The smallest absolute Gasteiger partial charge is 0.159 e. The number of aryl methyl sites for hydroxylation is 1. The van der Waals surface area contributed by atoms with Gasteiger partial charge in [0.1, 0.15) is 5.60 Å². The second kappa shape index (κ2) is 3.56. The molecular weight excluding hydrogens is 188 g/mol. The molecule has 0 unspecified atom stereocenters. The maximum Gasteiger partial charge on any atom is 0.159 e. The molecule has 0 amide bonds. The molecule has 0 bridgehead atoms. The number of nitrogens with zero attached hydrogens (tertiary/aromatic N) is 2. The van der Waals surface area contributed by atoms with Crippen LogP contribution in [0.5, 0.6) is 0 Å². The van der Waals surface area contributed by atoms with Crippen molar-refractivity contribution in [2.45, 2.75) is 52.6 Å². The van der Waals surface area contributed by atoms with Gasteiger partial charge in [0.25, 0.3) is 0 Å².